The zero-order valence-electron chi connectivity index (χ0n) is 9.94. The Hall–Kier alpha value is -0.740. The average Bonchev–Trinajstić information content (AvgIpc) is 2.27. The minimum atomic E-state index is -0.0172. The molecule has 2 rings (SSSR count). The lowest BCUT2D eigenvalue weighted by Crippen LogP contribution is -2.46. The molecule has 0 N–H and O–H groups in total. The molecule has 0 aromatic carbocycles. The Balaban J connectivity index is 2.18. The van der Waals surface area contributed by atoms with Crippen LogP contribution in [0, 0.1) is 0 Å². The molecule has 5 heteroatoms. The van der Waals surface area contributed by atoms with Crippen molar-refractivity contribution in [3.8, 4) is 0 Å². The lowest BCUT2D eigenvalue weighted by Gasteiger charge is -2.37. The molecular formula is C12H15ClN2OS. The highest BCUT2D eigenvalue weighted by Gasteiger charge is 2.30. The molecule has 0 radical (unpaired) electrons. The van der Waals surface area contributed by atoms with Gasteiger partial charge >= 0.3 is 0 Å². The van der Waals surface area contributed by atoms with Crippen LogP contribution in [0.15, 0.2) is 18.5 Å². The molecule has 0 spiro atoms. The first-order valence-electron chi connectivity index (χ1n) is 5.52. The highest BCUT2D eigenvalue weighted by atomic mass is 35.5. The number of carbonyl (C=O) groups is 1. The fraction of sp³-hybridized carbons (Fsp3) is 0.500. The molecule has 1 aliphatic rings. The normalized spacial score (nSPS) is 19.1. The fourth-order valence-corrected chi connectivity index (χ4v) is 3.19. The Morgan fingerprint density at radius 2 is 2.35 bits per heavy atom. The van der Waals surface area contributed by atoms with E-state index in [-0.39, 0.29) is 10.7 Å². The van der Waals surface area contributed by atoms with Crippen LogP contribution in [0.3, 0.4) is 0 Å². The molecule has 0 saturated carbocycles. The van der Waals surface area contributed by atoms with E-state index in [0.717, 1.165) is 18.8 Å². The Morgan fingerprint density at radius 3 is 3.00 bits per heavy atom. The van der Waals surface area contributed by atoms with Crippen molar-refractivity contribution in [3.05, 3.63) is 29.0 Å². The van der Waals surface area contributed by atoms with E-state index < -0.39 is 0 Å². The minimum Gasteiger partial charge on any atom is -0.336 e. The van der Waals surface area contributed by atoms with Crippen LogP contribution in [0.2, 0.25) is 5.02 Å². The number of thioether (sulfide) groups is 1. The van der Waals surface area contributed by atoms with Gasteiger partial charge in [0.15, 0.2) is 0 Å². The van der Waals surface area contributed by atoms with Crippen LogP contribution < -0.4 is 0 Å². The van der Waals surface area contributed by atoms with E-state index >= 15 is 0 Å². The van der Waals surface area contributed by atoms with Gasteiger partial charge < -0.3 is 4.90 Å². The van der Waals surface area contributed by atoms with Crippen LogP contribution >= 0.6 is 23.4 Å². The lowest BCUT2D eigenvalue weighted by atomic mass is 10.1. The molecule has 3 nitrogen and oxygen atoms in total. The SMILES string of the molecule is CC1(C)CN(C(=O)c2cnccc2Cl)CCS1. The molecule has 92 valence electrons. The van der Waals surface area contributed by atoms with E-state index in [0.29, 0.717) is 10.6 Å². The first-order chi connectivity index (χ1) is 7.99. The van der Waals surface area contributed by atoms with Gasteiger partial charge in [-0.05, 0) is 19.9 Å². The molecule has 2 heterocycles. The van der Waals surface area contributed by atoms with Crippen LogP contribution in [-0.2, 0) is 0 Å². The Labute approximate surface area is 111 Å². The highest BCUT2D eigenvalue weighted by Crippen LogP contribution is 2.30. The number of halogens is 1. The summed E-state index contributed by atoms with van der Waals surface area (Å²) < 4.78 is 0.114. The van der Waals surface area contributed by atoms with Gasteiger partial charge in [0.1, 0.15) is 0 Å². The number of rotatable bonds is 1. The molecule has 1 fully saturated rings. The van der Waals surface area contributed by atoms with Gasteiger partial charge in [-0.25, -0.2) is 0 Å². The van der Waals surface area contributed by atoms with Gasteiger partial charge in [-0.15, -0.1) is 0 Å². The van der Waals surface area contributed by atoms with E-state index in [2.05, 4.69) is 18.8 Å². The van der Waals surface area contributed by atoms with Gasteiger partial charge in [0.05, 0.1) is 10.6 Å². The Morgan fingerprint density at radius 1 is 1.59 bits per heavy atom. The molecule has 1 aliphatic heterocycles. The monoisotopic (exact) mass is 270 g/mol. The first-order valence-corrected chi connectivity index (χ1v) is 6.89. The summed E-state index contributed by atoms with van der Waals surface area (Å²) in [6, 6.07) is 1.65. The summed E-state index contributed by atoms with van der Waals surface area (Å²) in [5, 5.41) is 0.473. The van der Waals surface area contributed by atoms with Crippen molar-refractivity contribution in [2.45, 2.75) is 18.6 Å². The zero-order valence-corrected chi connectivity index (χ0v) is 11.5. The molecule has 0 unspecified atom stereocenters. The van der Waals surface area contributed by atoms with Crippen LogP contribution in [0.4, 0.5) is 0 Å². The number of hydrogen-bond acceptors (Lipinski definition) is 3. The number of pyridine rings is 1. The van der Waals surface area contributed by atoms with E-state index in [1.807, 2.05) is 16.7 Å². The van der Waals surface area contributed by atoms with Gasteiger partial charge in [-0.2, -0.15) is 11.8 Å². The van der Waals surface area contributed by atoms with Gasteiger partial charge in [0.2, 0.25) is 0 Å². The van der Waals surface area contributed by atoms with Crippen molar-refractivity contribution < 1.29 is 4.79 Å². The van der Waals surface area contributed by atoms with E-state index in [4.69, 9.17) is 11.6 Å². The number of carbonyl (C=O) groups excluding carboxylic acids is 1. The lowest BCUT2D eigenvalue weighted by molar-refractivity contribution is 0.0748. The second-order valence-electron chi connectivity index (χ2n) is 4.69. The predicted octanol–water partition coefficient (Wildman–Crippen LogP) is 2.70. The molecule has 0 aliphatic carbocycles. The molecule has 17 heavy (non-hydrogen) atoms. The zero-order chi connectivity index (χ0) is 12.5. The maximum atomic E-state index is 12.3. The van der Waals surface area contributed by atoms with Gasteiger partial charge in [0, 0.05) is 36.0 Å². The van der Waals surface area contributed by atoms with E-state index in [1.165, 1.54) is 0 Å². The standard InChI is InChI=1S/C12H15ClN2OS/c1-12(2)8-15(5-6-17-12)11(16)9-7-14-4-3-10(9)13/h3-4,7H,5-6,8H2,1-2H3. The largest absolute Gasteiger partial charge is 0.336 e. The third-order valence-electron chi connectivity index (χ3n) is 2.71. The molecule has 1 aromatic heterocycles. The maximum Gasteiger partial charge on any atom is 0.257 e. The molecule has 1 aromatic rings. The molecule has 0 bridgehead atoms. The molecule has 1 amide bonds. The number of hydrogen-bond donors (Lipinski definition) is 0. The van der Waals surface area contributed by atoms with Crippen LogP contribution in [0.5, 0.6) is 0 Å². The second-order valence-corrected chi connectivity index (χ2v) is 6.90. The van der Waals surface area contributed by atoms with Gasteiger partial charge in [-0.3, -0.25) is 9.78 Å². The summed E-state index contributed by atoms with van der Waals surface area (Å²) >= 11 is 7.92. The number of amides is 1. The quantitative estimate of drug-likeness (QED) is 0.787. The average molecular weight is 271 g/mol. The summed E-state index contributed by atoms with van der Waals surface area (Å²) in [4.78, 5) is 18.1. The van der Waals surface area contributed by atoms with Gasteiger partial charge in [-0.1, -0.05) is 11.6 Å². The summed E-state index contributed by atoms with van der Waals surface area (Å²) in [7, 11) is 0. The summed E-state index contributed by atoms with van der Waals surface area (Å²) in [6.45, 7) is 5.84. The number of aromatic nitrogens is 1. The number of nitrogens with zero attached hydrogens (tertiary/aromatic N) is 2. The smallest absolute Gasteiger partial charge is 0.257 e. The molecule has 1 saturated heterocycles. The Kier molecular flexibility index (Phi) is 3.64. The van der Waals surface area contributed by atoms with E-state index in [9.17, 15) is 4.79 Å². The topological polar surface area (TPSA) is 33.2 Å². The summed E-state index contributed by atoms with van der Waals surface area (Å²) in [5.41, 5.74) is 0.497. The molecule has 0 atom stereocenters. The molecular weight excluding hydrogens is 256 g/mol. The minimum absolute atomic E-state index is 0.0172. The second kappa shape index (κ2) is 4.86. The maximum absolute atomic E-state index is 12.3. The third-order valence-corrected chi connectivity index (χ3v) is 4.34. The van der Waals surface area contributed by atoms with Crippen LogP contribution in [0.25, 0.3) is 0 Å². The summed E-state index contributed by atoms with van der Waals surface area (Å²) in [5.74, 6) is 0.952. The van der Waals surface area contributed by atoms with Crippen molar-refractivity contribution in [1.82, 2.24) is 9.88 Å². The van der Waals surface area contributed by atoms with Crippen molar-refractivity contribution in [2.24, 2.45) is 0 Å². The third kappa shape index (κ3) is 2.93. The van der Waals surface area contributed by atoms with Crippen LogP contribution in [0.1, 0.15) is 24.2 Å². The van der Waals surface area contributed by atoms with Crippen molar-refractivity contribution in [1.29, 1.82) is 0 Å². The Bertz CT molecular complexity index is 436. The van der Waals surface area contributed by atoms with E-state index in [1.54, 1.807) is 18.5 Å². The fourth-order valence-electron chi connectivity index (χ4n) is 1.90. The highest BCUT2D eigenvalue weighted by molar-refractivity contribution is 8.00. The van der Waals surface area contributed by atoms with Crippen LogP contribution in [-0.4, -0.2) is 39.4 Å². The first kappa shape index (κ1) is 12.7. The van der Waals surface area contributed by atoms with Crippen molar-refractivity contribution >= 4 is 29.3 Å². The van der Waals surface area contributed by atoms with Gasteiger partial charge in [0.25, 0.3) is 5.91 Å². The predicted molar refractivity (Wildman–Crippen MR) is 71.7 cm³/mol. The van der Waals surface area contributed by atoms with Crippen molar-refractivity contribution in [3.63, 3.8) is 0 Å². The summed E-state index contributed by atoms with van der Waals surface area (Å²) in [6.07, 6.45) is 3.13. The van der Waals surface area contributed by atoms with Crippen molar-refractivity contribution in [2.75, 3.05) is 18.8 Å².